The Bertz CT molecular complexity index is 283. The quantitative estimate of drug-likeness (QED) is 0.546. The minimum Gasteiger partial charge on any atom is -0.394 e. The summed E-state index contributed by atoms with van der Waals surface area (Å²) in [7, 11) is 0. The summed E-state index contributed by atoms with van der Waals surface area (Å²) in [5.74, 6) is 1.76. The maximum absolute atomic E-state index is 8.84. The largest absolute Gasteiger partial charge is 0.394 e. The molecule has 0 amide bonds. The maximum atomic E-state index is 8.84. The Balaban J connectivity index is 2.33. The van der Waals surface area contributed by atoms with Gasteiger partial charge in [-0.25, -0.2) is 4.98 Å². The molecule has 5 heteroatoms. The van der Waals surface area contributed by atoms with Crippen molar-refractivity contribution in [2.75, 3.05) is 18.5 Å². The van der Waals surface area contributed by atoms with Gasteiger partial charge in [0.1, 0.15) is 11.6 Å². The predicted molar refractivity (Wildman–Crippen MR) is 44.7 cm³/mol. The molecule has 12 heavy (non-hydrogen) atoms. The van der Waals surface area contributed by atoms with Gasteiger partial charge in [-0.1, -0.05) is 0 Å². The van der Waals surface area contributed by atoms with Crippen molar-refractivity contribution in [2.24, 2.45) is 5.73 Å². The fourth-order valence-electron chi connectivity index (χ4n) is 1.44. The van der Waals surface area contributed by atoms with E-state index in [0.29, 0.717) is 0 Å². The van der Waals surface area contributed by atoms with Gasteiger partial charge in [-0.3, -0.25) is 0 Å². The number of aliphatic hydroxyl groups is 1. The standard InChI is InChI=1S/C7H12N4O/c8-5(4-12)7-10-3-6-9-1-2-11(6)7/h3,5,9,12H,1-2,4,8H2. The molecule has 0 aliphatic carbocycles. The van der Waals surface area contributed by atoms with Crippen LogP contribution in [0, 0.1) is 0 Å². The van der Waals surface area contributed by atoms with E-state index in [1.165, 1.54) is 0 Å². The van der Waals surface area contributed by atoms with Gasteiger partial charge in [0.15, 0.2) is 0 Å². The van der Waals surface area contributed by atoms with Crippen LogP contribution in [-0.4, -0.2) is 27.8 Å². The molecule has 0 fully saturated rings. The Morgan fingerprint density at radius 2 is 2.67 bits per heavy atom. The van der Waals surface area contributed by atoms with Crippen LogP contribution < -0.4 is 11.1 Å². The van der Waals surface area contributed by atoms with Crippen molar-refractivity contribution >= 4 is 5.82 Å². The number of aromatic nitrogens is 2. The van der Waals surface area contributed by atoms with Crippen molar-refractivity contribution in [3.63, 3.8) is 0 Å². The first kappa shape index (κ1) is 7.57. The van der Waals surface area contributed by atoms with E-state index in [4.69, 9.17) is 10.8 Å². The van der Waals surface area contributed by atoms with Crippen molar-refractivity contribution in [3.8, 4) is 0 Å². The molecule has 0 radical (unpaired) electrons. The molecule has 1 aliphatic rings. The third kappa shape index (κ3) is 0.981. The molecule has 5 nitrogen and oxygen atoms in total. The van der Waals surface area contributed by atoms with Crippen molar-refractivity contribution in [1.29, 1.82) is 0 Å². The number of hydrogen-bond donors (Lipinski definition) is 3. The van der Waals surface area contributed by atoms with Crippen molar-refractivity contribution in [3.05, 3.63) is 12.0 Å². The van der Waals surface area contributed by atoms with Gasteiger partial charge in [-0.2, -0.15) is 0 Å². The monoisotopic (exact) mass is 168 g/mol. The van der Waals surface area contributed by atoms with Gasteiger partial charge < -0.3 is 20.7 Å². The van der Waals surface area contributed by atoms with E-state index in [1.807, 2.05) is 4.57 Å². The van der Waals surface area contributed by atoms with Gasteiger partial charge in [0.2, 0.25) is 0 Å². The number of hydrogen-bond acceptors (Lipinski definition) is 4. The molecule has 66 valence electrons. The molecule has 0 aromatic carbocycles. The predicted octanol–water partition coefficient (Wildman–Crippen LogP) is -0.699. The number of imidazole rings is 1. The number of anilines is 1. The Morgan fingerprint density at radius 1 is 1.83 bits per heavy atom. The topological polar surface area (TPSA) is 76.1 Å². The van der Waals surface area contributed by atoms with Crippen molar-refractivity contribution in [2.45, 2.75) is 12.6 Å². The molecule has 1 aromatic heterocycles. The lowest BCUT2D eigenvalue weighted by Crippen LogP contribution is -2.19. The molecule has 0 bridgehead atoms. The molecule has 1 aromatic rings. The van der Waals surface area contributed by atoms with Crippen molar-refractivity contribution < 1.29 is 5.11 Å². The molecule has 1 aliphatic heterocycles. The molecule has 0 saturated carbocycles. The van der Waals surface area contributed by atoms with Crippen LogP contribution in [0.1, 0.15) is 11.9 Å². The van der Waals surface area contributed by atoms with Crippen LogP contribution in [0.4, 0.5) is 5.82 Å². The van der Waals surface area contributed by atoms with Crippen molar-refractivity contribution in [1.82, 2.24) is 9.55 Å². The molecule has 0 saturated heterocycles. The fourth-order valence-corrected chi connectivity index (χ4v) is 1.44. The molecule has 1 unspecified atom stereocenters. The number of nitrogens with zero attached hydrogens (tertiary/aromatic N) is 2. The molecular formula is C7H12N4O. The number of nitrogens with two attached hydrogens (primary N) is 1. The van der Waals surface area contributed by atoms with Crippen LogP contribution in [0.5, 0.6) is 0 Å². The highest BCUT2D eigenvalue weighted by Gasteiger charge is 2.18. The van der Waals surface area contributed by atoms with E-state index in [1.54, 1.807) is 6.20 Å². The summed E-state index contributed by atoms with van der Waals surface area (Å²) in [5, 5.41) is 12.0. The van der Waals surface area contributed by atoms with Gasteiger partial charge >= 0.3 is 0 Å². The Hall–Kier alpha value is -1.07. The lowest BCUT2D eigenvalue weighted by molar-refractivity contribution is 0.261. The summed E-state index contributed by atoms with van der Waals surface area (Å²) in [6.45, 7) is 1.75. The first-order chi connectivity index (χ1) is 5.83. The third-order valence-electron chi connectivity index (χ3n) is 2.06. The summed E-state index contributed by atoms with van der Waals surface area (Å²) in [6, 6.07) is -0.362. The van der Waals surface area contributed by atoms with Gasteiger partial charge in [-0.05, 0) is 0 Å². The lowest BCUT2D eigenvalue weighted by atomic mass is 10.3. The number of nitrogens with one attached hydrogen (secondary N) is 1. The summed E-state index contributed by atoms with van der Waals surface area (Å²) >= 11 is 0. The molecule has 2 heterocycles. The van der Waals surface area contributed by atoms with Gasteiger partial charge in [0.25, 0.3) is 0 Å². The second-order valence-corrected chi connectivity index (χ2v) is 2.87. The normalized spacial score (nSPS) is 17.2. The Kier molecular flexibility index (Phi) is 1.74. The van der Waals surface area contributed by atoms with E-state index in [2.05, 4.69) is 10.3 Å². The average Bonchev–Trinajstić information content (AvgIpc) is 2.62. The minimum absolute atomic E-state index is 0.0591. The highest BCUT2D eigenvalue weighted by molar-refractivity contribution is 5.38. The minimum atomic E-state index is -0.362. The molecule has 4 N–H and O–H groups in total. The second-order valence-electron chi connectivity index (χ2n) is 2.87. The summed E-state index contributed by atoms with van der Waals surface area (Å²) in [5.41, 5.74) is 5.65. The smallest absolute Gasteiger partial charge is 0.129 e. The number of aliphatic hydroxyl groups excluding tert-OH is 1. The molecular weight excluding hydrogens is 156 g/mol. The second kappa shape index (κ2) is 2.76. The maximum Gasteiger partial charge on any atom is 0.129 e. The van der Waals surface area contributed by atoms with E-state index in [9.17, 15) is 0 Å². The van der Waals surface area contributed by atoms with Crippen LogP contribution in [0.3, 0.4) is 0 Å². The number of fused-ring (bicyclic) bond motifs is 1. The zero-order valence-electron chi connectivity index (χ0n) is 6.70. The van der Waals surface area contributed by atoms with Crippen LogP contribution in [-0.2, 0) is 6.54 Å². The van der Waals surface area contributed by atoms with Gasteiger partial charge in [0, 0.05) is 13.1 Å². The van der Waals surface area contributed by atoms with E-state index < -0.39 is 0 Å². The SMILES string of the molecule is NC(CO)c1ncc2n1CCN2. The highest BCUT2D eigenvalue weighted by Crippen LogP contribution is 2.19. The fraction of sp³-hybridized carbons (Fsp3) is 0.571. The van der Waals surface area contributed by atoms with Crippen LogP contribution in [0.2, 0.25) is 0 Å². The van der Waals surface area contributed by atoms with E-state index in [-0.39, 0.29) is 12.6 Å². The Labute approximate surface area is 70.2 Å². The molecule has 1 atom stereocenters. The first-order valence-electron chi connectivity index (χ1n) is 3.98. The molecule has 0 spiro atoms. The third-order valence-corrected chi connectivity index (χ3v) is 2.06. The van der Waals surface area contributed by atoms with Gasteiger partial charge in [0.05, 0.1) is 18.8 Å². The lowest BCUT2D eigenvalue weighted by Gasteiger charge is -2.08. The van der Waals surface area contributed by atoms with E-state index in [0.717, 1.165) is 24.7 Å². The summed E-state index contributed by atoms with van der Waals surface area (Å²) < 4.78 is 2.00. The average molecular weight is 168 g/mol. The van der Waals surface area contributed by atoms with Crippen LogP contribution in [0.25, 0.3) is 0 Å². The summed E-state index contributed by atoms with van der Waals surface area (Å²) in [6.07, 6.45) is 1.75. The first-order valence-corrected chi connectivity index (χ1v) is 3.98. The van der Waals surface area contributed by atoms with Crippen LogP contribution in [0.15, 0.2) is 6.20 Å². The zero-order chi connectivity index (χ0) is 8.55. The van der Waals surface area contributed by atoms with Crippen LogP contribution >= 0.6 is 0 Å². The van der Waals surface area contributed by atoms with Gasteiger partial charge in [-0.15, -0.1) is 0 Å². The zero-order valence-corrected chi connectivity index (χ0v) is 6.70. The summed E-state index contributed by atoms with van der Waals surface area (Å²) in [4.78, 5) is 4.12. The highest BCUT2D eigenvalue weighted by atomic mass is 16.3. The number of rotatable bonds is 2. The Morgan fingerprint density at radius 3 is 3.42 bits per heavy atom. The molecule has 2 rings (SSSR count). The van der Waals surface area contributed by atoms with E-state index >= 15 is 0 Å².